The molecule has 5 heteroatoms. The summed E-state index contributed by atoms with van der Waals surface area (Å²) in [7, 11) is 1.87. The number of aliphatic imine (C=N–C) groups is 1. The average Bonchev–Trinajstić information content (AvgIpc) is 2.59. The Labute approximate surface area is 155 Å². The highest BCUT2D eigenvalue weighted by molar-refractivity contribution is 5.80. The van der Waals surface area contributed by atoms with E-state index in [2.05, 4.69) is 55.1 Å². The fourth-order valence-corrected chi connectivity index (χ4v) is 3.87. The summed E-state index contributed by atoms with van der Waals surface area (Å²) in [5.74, 6) is 0.952. The smallest absolute Gasteiger partial charge is 0.191 e. The van der Waals surface area contributed by atoms with Crippen molar-refractivity contribution in [1.29, 1.82) is 0 Å². The van der Waals surface area contributed by atoms with E-state index in [0.29, 0.717) is 24.2 Å². The Morgan fingerprint density at radius 3 is 2.44 bits per heavy atom. The van der Waals surface area contributed by atoms with E-state index in [1.165, 1.54) is 32.4 Å². The first-order valence-electron chi connectivity index (χ1n) is 10.2. The Kier molecular flexibility index (Phi) is 7.56. The summed E-state index contributed by atoms with van der Waals surface area (Å²) in [4.78, 5) is 7.02. The lowest BCUT2D eigenvalue weighted by molar-refractivity contribution is -0.113. The van der Waals surface area contributed by atoms with Gasteiger partial charge in [-0.25, -0.2) is 0 Å². The molecule has 2 aliphatic rings. The number of piperidine rings is 1. The molecule has 2 rings (SSSR count). The molecule has 0 amide bonds. The molecule has 0 aromatic heterocycles. The fourth-order valence-electron chi connectivity index (χ4n) is 3.87. The van der Waals surface area contributed by atoms with E-state index >= 15 is 0 Å². The van der Waals surface area contributed by atoms with Crippen LogP contribution in [0, 0.1) is 5.41 Å². The molecule has 2 unspecified atom stereocenters. The monoisotopic (exact) mass is 352 g/mol. The lowest BCUT2D eigenvalue weighted by Crippen LogP contribution is -2.64. The lowest BCUT2D eigenvalue weighted by atomic mass is 9.64. The predicted molar refractivity (Wildman–Crippen MR) is 106 cm³/mol. The van der Waals surface area contributed by atoms with Crippen LogP contribution < -0.4 is 10.6 Å². The van der Waals surface area contributed by atoms with E-state index in [1.807, 2.05) is 7.05 Å². The summed E-state index contributed by atoms with van der Waals surface area (Å²) in [6.07, 6.45) is 6.17. The van der Waals surface area contributed by atoms with Crippen molar-refractivity contribution in [3.63, 3.8) is 0 Å². The third kappa shape index (κ3) is 5.33. The van der Waals surface area contributed by atoms with Crippen molar-refractivity contribution in [2.45, 2.75) is 91.0 Å². The van der Waals surface area contributed by atoms with Crippen molar-refractivity contribution in [2.75, 3.05) is 26.7 Å². The number of guanidine groups is 1. The van der Waals surface area contributed by atoms with Crippen molar-refractivity contribution in [3.05, 3.63) is 0 Å². The zero-order valence-corrected chi connectivity index (χ0v) is 17.3. The lowest BCUT2D eigenvalue weighted by Gasteiger charge is -2.52. The van der Waals surface area contributed by atoms with Gasteiger partial charge < -0.3 is 20.3 Å². The number of likely N-dealkylation sites (tertiary alicyclic amines) is 1. The SMILES string of the molecule is CCCCOC1CC(NC(=NC)NC2CCN(C(C)C)CC2)C1(C)C. The van der Waals surface area contributed by atoms with Crippen LogP contribution in [0.3, 0.4) is 0 Å². The van der Waals surface area contributed by atoms with E-state index in [-0.39, 0.29) is 5.41 Å². The largest absolute Gasteiger partial charge is 0.378 e. The normalized spacial score (nSPS) is 28.0. The molecule has 25 heavy (non-hydrogen) atoms. The number of hydrogen-bond acceptors (Lipinski definition) is 3. The molecule has 0 spiro atoms. The van der Waals surface area contributed by atoms with Crippen LogP contribution in [0.4, 0.5) is 0 Å². The Bertz CT molecular complexity index is 427. The van der Waals surface area contributed by atoms with Crippen LogP contribution in [0.25, 0.3) is 0 Å². The molecule has 5 nitrogen and oxygen atoms in total. The molecule has 2 fully saturated rings. The molecule has 0 radical (unpaired) electrons. The van der Waals surface area contributed by atoms with Crippen LogP contribution in [0.1, 0.15) is 66.7 Å². The van der Waals surface area contributed by atoms with Crippen LogP contribution in [-0.2, 0) is 4.74 Å². The van der Waals surface area contributed by atoms with Gasteiger partial charge in [0.25, 0.3) is 0 Å². The molecule has 146 valence electrons. The van der Waals surface area contributed by atoms with Gasteiger partial charge in [0.05, 0.1) is 6.10 Å². The van der Waals surface area contributed by atoms with Gasteiger partial charge in [-0.3, -0.25) is 4.99 Å². The second-order valence-electron chi connectivity index (χ2n) is 8.59. The highest BCUT2D eigenvalue weighted by Gasteiger charge is 2.49. The Balaban J connectivity index is 1.76. The second-order valence-corrected chi connectivity index (χ2v) is 8.59. The maximum Gasteiger partial charge on any atom is 0.191 e. The highest BCUT2D eigenvalue weighted by Crippen LogP contribution is 2.42. The molecule has 1 saturated heterocycles. The minimum Gasteiger partial charge on any atom is -0.378 e. The van der Waals surface area contributed by atoms with E-state index in [9.17, 15) is 0 Å². The molecular formula is C20H40N4O. The Morgan fingerprint density at radius 2 is 1.92 bits per heavy atom. The number of nitrogens with zero attached hydrogens (tertiary/aromatic N) is 2. The van der Waals surface area contributed by atoms with Crippen LogP contribution in [0.15, 0.2) is 4.99 Å². The van der Waals surface area contributed by atoms with Crippen LogP contribution in [0.2, 0.25) is 0 Å². The van der Waals surface area contributed by atoms with Gasteiger partial charge in [0.15, 0.2) is 5.96 Å². The summed E-state index contributed by atoms with van der Waals surface area (Å²) >= 11 is 0. The van der Waals surface area contributed by atoms with Gasteiger partial charge in [-0.05, 0) is 39.5 Å². The van der Waals surface area contributed by atoms with Gasteiger partial charge in [-0.1, -0.05) is 27.2 Å². The zero-order valence-electron chi connectivity index (χ0n) is 17.3. The highest BCUT2D eigenvalue weighted by atomic mass is 16.5. The van der Waals surface area contributed by atoms with E-state index in [4.69, 9.17) is 4.74 Å². The maximum atomic E-state index is 6.06. The Hall–Kier alpha value is -0.810. The number of unbranched alkanes of at least 4 members (excludes halogenated alkanes) is 1. The van der Waals surface area contributed by atoms with E-state index in [1.54, 1.807) is 0 Å². The Morgan fingerprint density at radius 1 is 1.24 bits per heavy atom. The van der Waals surface area contributed by atoms with Crippen molar-refractivity contribution in [2.24, 2.45) is 10.4 Å². The van der Waals surface area contributed by atoms with Crippen LogP contribution >= 0.6 is 0 Å². The second kappa shape index (κ2) is 9.22. The van der Waals surface area contributed by atoms with Crippen molar-refractivity contribution in [1.82, 2.24) is 15.5 Å². The first kappa shape index (κ1) is 20.5. The summed E-state index contributed by atoms with van der Waals surface area (Å²) in [5.41, 5.74) is 0.159. The standard InChI is InChI=1S/C20H40N4O/c1-7-8-13-25-18-14-17(20(18,4)5)23-19(21-6)22-16-9-11-24(12-10-16)15(2)3/h15-18H,7-14H2,1-6H3,(H2,21,22,23). The third-order valence-corrected chi connectivity index (χ3v) is 6.13. The zero-order chi connectivity index (χ0) is 18.4. The van der Waals surface area contributed by atoms with Crippen LogP contribution in [-0.4, -0.2) is 61.8 Å². The summed E-state index contributed by atoms with van der Waals surface area (Å²) in [6, 6.07) is 1.61. The van der Waals surface area contributed by atoms with Gasteiger partial charge in [-0.2, -0.15) is 0 Å². The molecule has 1 saturated carbocycles. The minimum absolute atomic E-state index is 0.159. The molecule has 0 bridgehead atoms. The third-order valence-electron chi connectivity index (χ3n) is 6.13. The predicted octanol–water partition coefficient (Wildman–Crippen LogP) is 3.01. The maximum absolute atomic E-state index is 6.06. The quantitative estimate of drug-likeness (QED) is 0.420. The molecule has 0 aromatic carbocycles. The van der Waals surface area contributed by atoms with E-state index in [0.717, 1.165) is 25.4 Å². The summed E-state index contributed by atoms with van der Waals surface area (Å²) in [5, 5.41) is 7.28. The van der Waals surface area contributed by atoms with Crippen molar-refractivity contribution in [3.8, 4) is 0 Å². The molecular weight excluding hydrogens is 312 g/mol. The number of ether oxygens (including phenoxy) is 1. The van der Waals surface area contributed by atoms with Crippen LogP contribution in [0.5, 0.6) is 0 Å². The minimum atomic E-state index is 0.159. The van der Waals surface area contributed by atoms with Crippen molar-refractivity contribution < 1.29 is 4.74 Å². The van der Waals surface area contributed by atoms with Crippen molar-refractivity contribution >= 4 is 5.96 Å². The van der Waals surface area contributed by atoms with Gasteiger partial charge in [-0.15, -0.1) is 0 Å². The molecule has 1 aliphatic heterocycles. The first-order chi connectivity index (χ1) is 11.9. The van der Waals surface area contributed by atoms with Gasteiger partial charge in [0, 0.05) is 50.3 Å². The average molecular weight is 353 g/mol. The molecule has 2 N–H and O–H groups in total. The summed E-state index contributed by atoms with van der Waals surface area (Å²) < 4.78 is 6.06. The topological polar surface area (TPSA) is 48.9 Å². The molecule has 2 atom stereocenters. The van der Waals surface area contributed by atoms with E-state index < -0.39 is 0 Å². The molecule has 1 aliphatic carbocycles. The number of hydrogen-bond donors (Lipinski definition) is 2. The van der Waals surface area contributed by atoms with Gasteiger partial charge >= 0.3 is 0 Å². The molecule has 0 aromatic rings. The number of nitrogens with one attached hydrogen (secondary N) is 2. The fraction of sp³-hybridized carbons (Fsp3) is 0.950. The van der Waals surface area contributed by atoms with Gasteiger partial charge in [0.1, 0.15) is 0 Å². The molecule has 1 heterocycles. The number of rotatable bonds is 7. The first-order valence-corrected chi connectivity index (χ1v) is 10.2. The van der Waals surface area contributed by atoms with Gasteiger partial charge in [0.2, 0.25) is 0 Å². The summed E-state index contributed by atoms with van der Waals surface area (Å²) in [6.45, 7) is 14.6.